The zero-order valence-electron chi connectivity index (χ0n) is 7.16. The van der Waals surface area contributed by atoms with Crippen LogP contribution in [0.15, 0.2) is 35.3 Å². The molecule has 0 N–H and O–H groups in total. The molecule has 1 aromatic rings. The number of nitrogens with zero attached hydrogens (tertiary/aromatic N) is 1. The summed E-state index contributed by atoms with van der Waals surface area (Å²) >= 11 is 0. The van der Waals surface area contributed by atoms with Crippen LogP contribution in [0.2, 0.25) is 0 Å². The van der Waals surface area contributed by atoms with E-state index in [0.29, 0.717) is 0 Å². The number of hydrogen-bond donors (Lipinski definition) is 0. The fourth-order valence-electron chi connectivity index (χ4n) is 1.09. The van der Waals surface area contributed by atoms with Gasteiger partial charge < -0.3 is 4.74 Å². The van der Waals surface area contributed by atoms with E-state index in [1.807, 2.05) is 30.3 Å². The van der Waals surface area contributed by atoms with Gasteiger partial charge in [-0.1, -0.05) is 18.2 Å². The second-order valence-electron chi connectivity index (χ2n) is 2.40. The van der Waals surface area contributed by atoms with E-state index >= 15 is 0 Å². The van der Waals surface area contributed by atoms with E-state index in [1.165, 1.54) is 0 Å². The quantitative estimate of drug-likeness (QED) is 0.449. The van der Waals surface area contributed by atoms with Gasteiger partial charge in [-0.25, -0.2) is 4.99 Å². The molecule has 1 aromatic carbocycles. The monoisotopic (exact) mass is 154 g/mol. The molecule has 0 amide bonds. The molecular weight excluding hydrogens is 145 g/mol. The van der Waals surface area contributed by atoms with Gasteiger partial charge in [-0.05, 0) is 12.1 Å². The van der Waals surface area contributed by atoms with Crippen molar-refractivity contribution in [2.24, 2.45) is 4.99 Å². The number of hydrogen-bond acceptors (Lipinski definition) is 2. The van der Waals surface area contributed by atoms with Crippen molar-refractivity contribution in [3.8, 4) is 0 Å². The zero-order chi connectivity index (χ0) is 7.52. The fraction of sp³-hybridized carbons (Fsp3) is 0.222. The molecule has 0 atom stereocenters. The number of rotatable bonds is 1. The van der Waals surface area contributed by atoms with Gasteiger partial charge in [0.1, 0.15) is 6.61 Å². The van der Waals surface area contributed by atoms with Crippen LogP contribution in [0.25, 0.3) is 0 Å². The van der Waals surface area contributed by atoms with E-state index in [1.54, 1.807) is 0 Å². The molecule has 0 saturated carbocycles. The molecule has 1 heterocycles. The maximum absolute atomic E-state index is 5.29. The Morgan fingerprint density at radius 2 is 1.92 bits per heavy atom. The van der Waals surface area contributed by atoms with Crippen molar-refractivity contribution < 1.29 is 23.6 Å². The van der Waals surface area contributed by atoms with E-state index < -0.39 is 0 Å². The summed E-state index contributed by atoms with van der Waals surface area (Å²) in [6.07, 6.45) is 0. The molecule has 0 spiro atoms. The average Bonchev–Trinajstić information content (AvgIpc) is 2.58. The second kappa shape index (κ2) is 4.35. The van der Waals surface area contributed by atoms with Gasteiger partial charge in [-0.3, -0.25) is 0 Å². The number of aliphatic imine (C=N–C) groups is 1. The Hall–Kier alpha value is -0.713. The third kappa shape index (κ3) is 1.91. The minimum absolute atomic E-state index is 0. The van der Waals surface area contributed by atoms with Gasteiger partial charge in [0.05, 0.1) is 6.54 Å². The van der Waals surface area contributed by atoms with Crippen molar-refractivity contribution in [2.45, 2.75) is 0 Å². The molecule has 0 radical (unpaired) electrons. The third-order valence-electron chi connectivity index (χ3n) is 1.61. The maximum atomic E-state index is 5.29. The van der Waals surface area contributed by atoms with Gasteiger partial charge in [0, 0.05) is 5.56 Å². The van der Waals surface area contributed by atoms with Crippen molar-refractivity contribution >= 4 is 5.90 Å². The van der Waals surface area contributed by atoms with Crippen LogP contribution in [0, 0.1) is 0 Å². The first-order valence-electron chi connectivity index (χ1n) is 3.69. The van der Waals surface area contributed by atoms with Crippen LogP contribution in [0.4, 0.5) is 0 Å². The van der Waals surface area contributed by atoms with E-state index in [9.17, 15) is 0 Å². The predicted molar refractivity (Wildman–Crippen MR) is 43.8 cm³/mol. The second-order valence-corrected chi connectivity index (χ2v) is 2.40. The minimum Gasteiger partial charge on any atom is -0.476 e. The van der Waals surface area contributed by atoms with Crippen LogP contribution < -0.4 is 18.9 Å². The SMILES string of the molecule is [Li+].c1ccc(C2=NCCO2)cc1. The number of benzene rings is 1. The van der Waals surface area contributed by atoms with Gasteiger partial charge in [-0.15, -0.1) is 0 Å². The molecule has 0 unspecified atom stereocenters. The molecule has 0 fully saturated rings. The minimum atomic E-state index is 0. The standard InChI is InChI=1S/C9H9NO.Li/c1-2-4-8(5-3-1)9-10-6-7-11-9;/h1-5H,6-7H2;/q;+1. The van der Waals surface area contributed by atoms with Gasteiger partial charge in [0.25, 0.3) is 0 Å². The molecule has 12 heavy (non-hydrogen) atoms. The first-order valence-corrected chi connectivity index (χ1v) is 3.69. The van der Waals surface area contributed by atoms with Gasteiger partial charge in [0.15, 0.2) is 0 Å². The molecule has 0 bridgehead atoms. The largest absolute Gasteiger partial charge is 1.00 e. The molecule has 0 aromatic heterocycles. The predicted octanol–water partition coefficient (Wildman–Crippen LogP) is -1.53. The van der Waals surface area contributed by atoms with Crippen LogP contribution >= 0.6 is 0 Å². The Morgan fingerprint density at radius 1 is 1.17 bits per heavy atom. The Labute approximate surface area is 83.8 Å². The molecule has 2 nitrogen and oxygen atoms in total. The normalized spacial score (nSPS) is 14.5. The summed E-state index contributed by atoms with van der Waals surface area (Å²) in [5.41, 5.74) is 1.07. The van der Waals surface area contributed by atoms with Crippen LogP contribution in [0.5, 0.6) is 0 Å². The third-order valence-corrected chi connectivity index (χ3v) is 1.61. The van der Waals surface area contributed by atoms with E-state index in [-0.39, 0.29) is 18.9 Å². The van der Waals surface area contributed by atoms with E-state index in [2.05, 4.69) is 4.99 Å². The van der Waals surface area contributed by atoms with Gasteiger partial charge in [-0.2, -0.15) is 0 Å². The van der Waals surface area contributed by atoms with Gasteiger partial charge >= 0.3 is 18.9 Å². The molecule has 0 saturated heterocycles. The summed E-state index contributed by atoms with van der Waals surface area (Å²) in [5.74, 6) is 0.783. The Bertz CT molecular complexity index is 271. The smallest absolute Gasteiger partial charge is 0.476 e. The Balaban J connectivity index is 0.000000720. The summed E-state index contributed by atoms with van der Waals surface area (Å²) in [5, 5.41) is 0. The summed E-state index contributed by atoms with van der Waals surface area (Å²) < 4.78 is 5.29. The van der Waals surface area contributed by atoms with Crippen molar-refractivity contribution in [2.75, 3.05) is 13.2 Å². The molecule has 56 valence electrons. The van der Waals surface area contributed by atoms with Gasteiger partial charge in [0.2, 0.25) is 5.90 Å². The van der Waals surface area contributed by atoms with E-state index in [0.717, 1.165) is 24.6 Å². The molecule has 1 aliphatic rings. The summed E-state index contributed by atoms with van der Waals surface area (Å²) in [4.78, 5) is 4.20. The van der Waals surface area contributed by atoms with Crippen molar-refractivity contribution in [3.63, 3.8) is 0 Å². The maximum Gasteiger partial charge on any atom is 1.00 e. The Morgan fingerprint density at radius 3 is 2.50 bits per heavy atom. The Kier molecular flexibility index (Phi) is 3.40. The first-order chi connectivity index (χ1) is 5.47. The summed E-state index contributed by atoms with van der Waals surface area (Å²) in [6.45, 7) is 1.52. The van der Waals surface area contributed by atoms with Crippen LogP contribution in [-0.4, -0.2) is 19.0 Å². The molecular formula is C9H9LiNO+. The van der Waals surface area contributed by atoms with Crippen LogP contribution in [0.3, 0.4) is 0 Å². The summed E-state index contributed by atoms with van der Waals surface area (Å²) in [7, 11) is 0. The summed E-state index contributed by atoms with van der Waals surface area (Å²) in [6, 6.07) is 9.96. The topological polar surface area (TPSA) is 21.6 Å². The van der Waals surface area contributed by atoms with E-state index in [4.69, 9.17) is 4.74 Å². The van der Waals surface area contributed by atoms with Crippen LogP contribution in [-0.2, 0) is 4.74 Å². The van der Waals surface area contributed by atoms with Crippen molar-refractivity contribution in [1.82, 2.24) is 0 Å². The number of ether oxygens (including phenoxy) is 1. The molecule has 1 aliphatic heterocycles. The molecule has 0 aliphatic carbocycles. The molecule has 2 rings (SSSR count). The van der Waals surface area contributed by atoms with Crippen molar-refractivity contribution in [1.29, 1.82) is 0 Å². The zero-order valence-corrected chi connectivity index (χ0v) is 7.16. The molecule has 3 heteroatoms. The van der Waals surface area contributed by atoms with Crippen LogP contribution in [0.1, 0.15) is 5.56 Å². The van der Waals surface area contributed by atoms with Crippen molar-refractivity contribution in [3.05, 3.63) is 35.9 Å². The fourth-order valence-corrected chi connectivity index (χ4v) is 1.09. The first kappa shape index (κ1) is 9.38. The average molecular weight is 154 g/mol.